The largest absolute Gasteiger partial charge is 0.437 e. The molecule has 0 aliphatic carbocycles. The molecule has 0 bridgehead atoms. The highest BCUT2D eigenvalue weighted by atomic mass is 16.4. The van der Waals surface area contributed by atoms with Gasteiger partial charge in [0.05, 0.1) is 0 Å². The van der Waals surface area contributed by atoms with E-state index in [-0.39, 0.29) is 11.8 Å². The van der Waals surface area contributed by atoms with Crippen LogP contribution in [-0.2, 0) is 9.59 Å². The average Bonchev–Trinajstić information content (AvgIpc) is 3.42. The highest BCUT2D eigenvalue weighted by Gasteiger charge is 2.11. The van der Waals surface area contributed by atoms with Crippen LogP contribution in [0.15, 0.2) is 69.5 Å². The molecule has 0 aliphatic rings. The van der Waals surface area contributed by atoms with Gasteiger partial charge < -0.3 is 18.6 Å². The van der Waals surface area contributed by atoms with E-state index in [9.17, 15) is 9.59 Å². The van der Waals surface area contributed by atoms with Crippen LogP contribution in [0.5, 0.6) is 0 Å². The number of benzene rings is 2. The number of likely N-dealkylation sites (N-methyl/N-ethyl adjacent to an activating group) is 2. The molecule has 4 aromatic rings. The molecule has 32 heavy (non-hydrogen) atoms. The van der Waals surface area contributed by atoms with Crippen LogP contribution in [0.4, 0.5) is 0 Å². The fourth-order valence-corrected chi connectivity index (χ4v) is 2.98. The number of para-hydroxylation sites is 4. The standard InChI is InChI=1S/C24H22N4O4/c1-27(23(29)13-11-21-25-17-7-3-5-9-19(17)31-21)15-16-28(2)24(30)14-12-22-26-18-8-4-6-10-20(18)32-22/h3-14H,15-16H2,1-2H3/b13-11+,14-12+. The summed E-state index contributed by atoms with van der Waals surface area (Å²) in [6.07, 6.45) is 5.88. The number of nitrogens with zero attached hydrogens (tertiary/aromatic N) is 4. The Morgan fingerprint density at radius 2 is 1.16 bits per heavy atom. The fraction of sp³-hybridized carbons (Fsp3) is 0.167. The van der Waals surface area contributed by atoms with Crippen molar-refractivity contribution >= 4 is 46.2 Å². The number of fused-ring (bicyclic) bond motifs is 2. The molecule has 0 unspecified atom stereocenters. The summed E-state index contributed by atoms with van der Waals surface area (Å²) in [6, 6.07) is 14.8. The van der Waals surface area contributed by atoms with Crippen LogP contribution in [-0.4, -0.2) is 58.8 Å². The predicted molar refractivity (Wildman–Crippen MR) is 121 cm³/mol. The molecular formula is C24H22N4O4. The molecule has 8 nitrogen and oxygen atoms in total. The Morgan fingerprint density at radius 3 is 1.56 bits per heavy atom. The molecule has 162 valence electrons. The first-order chi connectivity index (χ1) is 15.5. The molecule has 2 aromatic heterocycles. The van der Waals surface area contributed by atoms with E-state index in [0.29, 0.717) is 36.0 Å². The second-order valence-electron chi connectivity index (χ2n) is 7.23. The summed E-state index contributed by atoms with van der Waals surface area (Å²) < 4.78 is 11.1. The smallest absolute Gasteiger partial charge is 0.246 e. The Hall–Kier alpha value is -4.20. The summed E-state index contributed by atoms with van der Waals surface area (Å²) in [5.41, 5.74) is 2.80. The maximum absolute atomic E-state index is 12.3. The third-order valence-corrected chi connectivity index (χ3v) is 4.88. The third kappa shape index (κ3) is 4.92. The van der Waals surface area contributed by atoms with Gasteiger partial charge in [-0.3, -0.25) is 9.59 Å². The first-order valence-corrected chi connectivity index (χ1v) is 10.1. The zero-order valence-corrected chi connectivity index (χ0v) is 17.8. The van der Waals surface area contributed by atoms with E-state index >= 15 is 0 Å². The lowest BCUT2D eigenvalue weighted by Crippen LogP contribution is -2.36. The molecule has 0 atom stereocenters. The Labute approximate surface area is 184 Å². The van der Waals surface area contributed by atoms with Gasteiger partial charge >= 0.3 is 0 Å². The summed E-state index contributed by atoms with van der Waals surface area (Å²) in [6.45, 7) is 0.741. The van der Waals surface area contributed by atoms with Crippen LogP contribution in [0.1, 0.15) is 11.8 Å². The van der Waals surface area contributed by atoms with Gasteiger partial charge in [0.1, 0.15) is 11.0 Å². The molecule has 2 aromatic carbocycles. The van der Waals surface area contributed by atoms with Crippen molar-refractivity contribution in [1.29, 1.82) is 0 Å². The van der Waals surface area contributed by atoms with Gasteiger partial charge in [0.25, 0.3) is 0 Å². The van der Waals surface area contributed by atoms with Crippen molar-refractivity contribution in [2.75, 3.05) is 27.2 Å². The molecule has 0 N–H and O–H groups in total. The van der Waals surface area contributed by atoms with Crippen LogP contribution in [0.2, 0.25) is 0 Å². The minimum absolute atomic E-state index is 0.213. The maximum atomic E-state index is 12.3. The Kier molecular flexibility index (Phi) is 6.12. The lowest BCUT2D eigenvalue weighted by atomic mass is 10.3. The van der Waals surface area contributed by atoms with E-state index in [1.165, 1.54) is 34.1 Å². The topological polar surface area (TPSA) is 92.7 Å². The second kappa shape index (κ2) is 9.30. The molecule has 2 amide bonds. The van der Waals surface area contributed by atoms with E-state index < -0.39 is 0 Å². The van der Waals surface area contributed by atoms with Crippen molar-refractivity contribution in [3.63, 3.8) is 0 Å². The molecule has 4 rings (SSSR count). The summed E-state index contributed by atoms with van der Waals surface area (Å²) in [4.78, 5) is 36.3. The highest BCUT2D eigenvalue weighted by molar-refractivity contribution is 5.92. The zero-order chi connectivity index (χ0) is 22.5. The van der Waals surface area contributed by atoms with E-state index in [1.54, 1.807) is 14.1 Å². The Bertz CT molecular complexity index is 1150. The first-order valence-electron chi connectivity index (χ1n) is 10.1. The van der Waals surface area contributed by atoms with Crippen molar-refractivity contribution < 1.29 is 18.4 Å². The van der Waals surface area contributed by atoms with Crippen molar-refractivity contribution in [2.45, 2.75) is 0 Å². The minimum Gasteiger partial charge on any atom is -0.437 e. The number of rotatable bonds is 7. The minimum atomic E-state index is -0.213. The number of amides is 2. The lowest BCUT2D eigenvalue weighted by molar-refractivity contribution is -0.128. The summed E-state index contributed by atoms with van der Waals surface area (Å²) in [7, 11) is 3.34. The van der Waals surface area contributed by atoms with Crippen LogP contribution < -0.4 is 0 Å². The van der Waals surface area contributed by atoms with Gasteiger partial charge in [-0.2, -0.15) is 0 Å². The highest BCUT2D eigenvalue weighted by Crippen LogP contribution is 2.16. The molecule has 0 saturated heterocycles. The van der Waals surface area contributed by atoms with Crippen molar-refractivity contribution in [3.8, 4) is 0 Å². The van der Waals surface area contributed by atoms with Gasteiger partial charge in [0.2, 0.25) is 23.6 Å². The van der Waals surface area contributed by atoms with Crippen LogP contribution in [0.3, 0.4) is 0 Å². The molecule has 8 heteroatoms. The SMILES string of the molecule is CN(CCN(C)C(=O)/C=C/c1nc2ccccc2o1)C(=O)/C=C/c1nc2ccccc2o1. The summed E-state index contributed by atoms with van der Waals surface area (Å²) >= 11 is 0. The number of carbonyl (C=O) groups is 2. The molecule has 0 spiro atoms. The molecule has 0 aliphatic heterocycles. The van der Waals surface area contributed by atoms with Gasteiger partial charge in [-0.05, 0) is 24.3 Å². The quantitative estimate of drug-likeness (QED) is 0.416. The van der Waals surface area contributed by atoms with Gasteiger partial charge in [0, 0.05) is 51.5 Å². The average molecular weight is 430 g/mol. The second-order valence-corrected chi connectivity index (χ2v) is 7.23. The van der Waals surface area contributed by atoms with Crippen LogP contribution >= 0.6 is 0 Å². The summed E-state index contributed by atoms with van der Waals surface area (Å²) in [5.74, 6) is 0.305. The van der Waals surface area contributed by atoms with E-state index in [4.69, 9.17) is 8.83 Å². The molecule has 2 heterocycles. The van der Waals surface area contributed by atoms with E-state index in [2.05, 4.69) is 9.97 Å². The lowest BCUT2D eigenvalue weighted by Gasteiger charge is -2.20. The Morgan fingerprint density at radius 1 is 0.750 bits per heavy atom. The maximum Gasteiger partial charge on any atom is 0.246 e. The van der Waals surface area contributed by atoms with Crippen molar-refractivity contribution in [2.24, 2.45) is 0 Å². The van der Waals surface area contributed by atoms with Crippen molar-refractivity contribution in [3.05, 3.63) is 72.5 Å². The molecule has 0 radical (unpaired) electrons. The molecule has 0 fully saturated rings. The van der Waals surface area contributed by atoms with Gasteiger partial charge in [-0.15, -0.1) is 0 Å². The van der Waals surface area contributed by atoms with E-state index in [1.807, 2.05) is 48.5 Å². The van der Waals surface area contributed by atoms with Gasteiger partial charge in [0.15, 0.2) is 11.2 Å². The van der Waals surface area contributed by atoms with Gasteiger partial charge in [-0.25, -0.2) is 9.97 Å². The number of hydrogen-bond donors (Lipinski definition) is 0. The van der Waals surface area contributed by atoms with Crippen LogP contribution in [0.25, 0.3) is 34.4 Å². The molecular weight excluding hydrogens is 408 g/mol. The van der Waals surface area contributed by atoms with Gasteiger partial charge in [-0.1, -0.05) is 24.3 Å². The van der Waals surface area contributed by atoms with Crippen LogP contribution in [0, 0.1) is 0 Å². The number of aromatic nitrogens is 2. The predicted octanol–water partition coefficient (Wildman–Crippen LogP) is 3.61. The zero-order valence-electron chi connectivity index (χ0n) is 17.8. The third-order valence-electron chi connectivity index (χ3n) is 4.88. The fourth-order valence-electron chi connectivity index (χ4n) is 2.98. The molecule has 0 saturated carbocycles. The first kappa shape index (κ1) is 21.0. The Balaban J connectivity index is 1.27. The number of carbonyl (C=O) groups excluding carboxylic acids is 2. The normalized spacial score (nSPS) is 11.7. The number of oxazole rings is 2. The van der Waals surface area contributed by atoms with Crippen molar-refractivity contribution in [1.82, 2.24) is 19.8 Å². The monoisotopic (exact) mass is 430 g/mol. The summed E-state index contributed by atoms with van der Waals surface area (Å²) in [5, 5.41) is 0. The number of hydrogen-bond acceptors (Lipinski definition) is 6. The van der Waals surface area contributed by atoms with E-state index in [0.717, 1.165) is 11.0 Å².